The van der Waals surface area contributed by atoms with Crippen molar-refractivity contribution in [2.75, 3.05) is 12.4 Å². The molecule has 1 heterocycles. The maximum absolute atomic E-state index is 11.9. The second kappa shape index (κ2) is 6.02. The lowest BCUT2D eigenvalue weighted by Gasteiger charge is -2.23. The monoisotopic (exact) mass is 359 g/mol. The summed E-state index contributed by atoms with van der Waals surface area (Å²) in [5.41, 5.74) is -0.136. The Bertz CT molecular complexity index is 470. The zero-order valence-corrected chi connectivity index (χ0v) is 13.6. The molecule has 0 saturated heterocycles. The first-order chi connectivity index (χ1) is 7.77. The van der Waals surface area contributed by atoms with Crippen molar-refractivity contribution in [1.82, 2.24) is 4.72 Å². The number of alkyl halides is 1. The van der Waals surface area contributed by atoms with Gasteiger partial charge in [0.25, 0.3) is 0 Å². The van der Waals surface area contributed by atoms with E-state index in [1.165, 1.54) is 11.3 Å². The fourth-order valence-corrected chi connectivity index (χ4v) is 4.96. The highest BCUT2D eigenvalue weighted by molar-refractivity contribution is 9.11. The molecule has 0 radical (unpaired) electrons. The van der Waals surface area contributed by atoms with Crippen molar-refractivity contribution in [2.24, 2.45) is 5.41 Å². The van der Waals surface area contributed by atoms with Crippen molar-refractivity contribution in [1.29, 1.82) is 0 Å². The molecule has 1 N–H and O–H groups in total. The van der Waals surface area contributed by atoms with Crippen LogP contribution in [-0.4, -0.2) is 20.8 Å². The van der Waals surface area contributed by atoms with Crippen LogP contribution in [0.1, 0.15) is 20.3 Å². The largest absolute Gasteiger partial charge is 0.250 e. The third-order valence-electron chi connectivity index (χ3n) is 2.33. The molecule has 17 heavy (non-hydrogen) atoms. The first-order valence-corrected chi connectivity index (χ1v) is 8.70. The molecule has 1 aromatic rings. The molecular formula is C10H15BrClNO2S2. The minimum absolute atomic E-state index is 0.136. The van der Waals surface area contributed by atoms with Crippen LogP contribution in [0.25, 0.3) is 0 Å². The molecule has 0 atom stereocenters. The molecule has 1 rings (SSSR count). The summed E-state index contributed by atoms with van der Waals surface area (Å²) in [5.74, 6) is 0.527. The number of hydrogen-bond acceptors (Lipinski definition) is 3. The van der Waals surface area contributed by atoms with Crippen LogP contribution in [0.4, 0.5) is 0 Å². The van der Waals surface area contributed by atoms with Gasteiger partial charge in [0.1, 0.15) is 4.21 Å². The quantitative estimate of drug-likeness (QED) is 0.790. The molecule has 7 heteroatoms. The Morgan fingerprint density at radius 3 is 2.59 bits per heavy atom. The molecule has 0 amide bonds. The first kappa shape index (κ1) is 15.4. The van der Waals surface area contributed by atoms with E-state index in [4.69, 9.17) is 11.6 Å². The number of rotatable bonds is 6. The number of nitrogens with one attached hydrogen (secondary N) is 1. The Morgan fingerprint density at radius 2 is 2.12 bits per heavy atom. The van der Waals surface area contributed by atoms with Crippen LogP contribution in [0.15, 0.2) is 20.1 Å². The Balaban J connectivity index is 2.69. The van der Waals surface area contributed by atoms with E-state index < -0.39 is 10.0 Å². The number of halogens is 2. The number of hydrogen-bond donors (Lipinski definition) is 1. The van der Waals surface area contributed by atoms with Crippen LogP contribution in [0.5, 0.6) is 0 Å². The van der Waals surface area contributed by atoms with Crippen LogP contribution >= 0.6 is 38.9 Å². The third-order valence-corrected chi connectivity index (χ3v) is 6.03. The zero-order valence-electron chi connectivity index (χ0n) is 9.66. The second-order valence-electron chi connectivity index (χ2n) is 4.49. The van der Waals surface area contributed by atoms with Crippen molar-refractivity contribution in [3.63, 3.8) is 0 Å². The highest BCUT2D eigenvalue weighted by atomic mass is 79.9. The van der Waals surface area contributed by atoms with Crippen LogP contribution < -0.4 is 4.72 Å². The molecule has 0 unspecified atom stereocenters. The molecule has 0 aromatic carbocycles. The highest BCUT2D eigenvalue weighted by Crippen LogP contribution is 2.27. The summed E-state index contributed by atoms with van der Waals surface area (Å²) in [7, 11) is -3.40. The topological polar surface area (TPSA) is 46.2 Å². The predicted octanol–water partition coefficient (Wildman–Crippen LogP) is 3.44. The minimum Gasteiger partial charge on any atom is -0.210 e. The molecule has 0 aliphatic rings. The maximum atomic E-state index is 11.9. The van der Waals surface area contributed by atoms with Gasteiger partial charge < -0.3 is 0 Å². The molecular weight excluding hydrogens is 346 g/mol. The Hall–Kier alpha value is 0.380. The molecule has 0 aliphatic heterocycles. The Labute approximate surface area is 120 Å². The summed E-state index contributed by atoms with van der Waals surface area (Å²) in [5, 5.41) is 0. The molecule has 0 fully saturated rings. The van der Waals surface area contributed by atoms with Gasteiger partial charge in [-0.1, -0.05) is 13.8 Å². The van der Waals surface area contributed by atoms with Crippen LogP contribution in [0.3, 0.4) is 0 Å². The summed E-state index contributed by atoms with van der Waals surface area (Å²) in [6.45, 7) is 4.36. The van der Waals surface area contributed by atoms with Gasteiger partial charge in [0.05, 0.1) is 3.79 Å². The Morgan fingerprint density at radius 1 is 1.47 bits per heavy atom. The SMILES string of the molecule is CC(C)(CCCl)CNS(=O)(=O)c1ccc(Br)s1. The maximum Gasteiger partial charge on any atom is 0.250 e. The van der Waals surface area contributed by atoms with Gasteiger partial charge >= 0.3 is 0 Å². The standard InChI is InChI=1S/C10H15BrClNO2S2/c1-10(2,5-6-12)7-13-17(14,15)9-4-3-8(11)16-9/h3-4,13H,5-7H2,1-2H3. The summed E-state index contributed by atoms with van der Waals surface area (Å²) >= 11 is 10.1. The van der Waals surface area contributed by atoms with Crippen molar-refractivity contribution < 1.29 is 8.42 Å². The first-order valence-electron chi connectivity index (χ1n) is 5.08. The molecule has 1 aromatic heterocycles. The van der Waals surface area contributed by atoms with Gasteiger partial charge in [0.2, 0.25) is 10.0 Å². The van der Waals surface area contributed by atoms with Crippen molar-refractivity contribution in [3.05, 3.63) is 15.9 Å². The average molecular weight is 361 g/mol. The Kier molecular flexibility index (Phi) is 5.46. The zero-order chi connectivity index (χ0) is 13.1. The molecule has 0 saturated carbocycles. The van der Waals surface area contributed by atoms with E-state index in [9.17, 15) is 8.42 Å². The van der Waals surface area contributed by atoms with E-state index in [-0.39, 0.29) is 5.41 Å². The van der Waals surface area contributed by atoms with Crippen LogP contribution in [0.2, 0.25) is 0 Å². The fraction of sp³-hybridized carbons (Fsp3) is 0.600. The normalized spacial score (nSPS) is 12.9. The smallest absolute Gasteiger partial charge is 0.210 e. The van der Waals surface area contributed by atoms with Crippen LogP contribution in [0, 0.1) is 5.41 Å². The van der Waals surface area contributed by atoms with Crippen molar-refractivity contribution in [2.45, 2.75) is 24.5 Å². The predicted molar refractivity (Wildman–Crippen MR) is 76.3 cm³/mol. The number of thiophene rings is 1. The van der Waals surface area contributed by atoms with Gasteiger partial charge in [-0.15, -0.1) is 22.9 Å². The lowest BCUT2D eigenvalue weighted by atomic mass is 9.91. The lowest BCUT2D eigenvalue weighted by Crippen LogP contribution is -2.33. The van der Waals surface area contributed by atoms with E-state index in [1.807, 2.05) is 13.8 Å². The molecule has 3 nitrogen and oxygen atoms in total. The van der Waals surface area contributed by atoms with E-state index in [0.29, 0.717) is 16.6 Å². The van der Waals surface area contributed by atoms with Gasteiger partial charge in [0, 0.05) is 12.4 Å². The second-order valence-corrected chi connectivity index (χ2v) is 9.32. The molecule has 98 valence electrons. The van der Waals surface area contributed by atoms with E-state index >= 15 is 0 Å². The summed E-state index contributed by atoms with van der Waals surface area (Å²) < 4.78 is 27.6. The third kappa shape index (κ3) is 4.87. The summed E-state index contributed by atoms with van der Waals surface area (Å²) in [4.78, 5) is 0. The van der Waals surface area contributed by atoms with E-state index in [0.717, 1.165) is 10.2 Å². The van der Waals surface area contributed by atoms with Crippen LogP contribution in [-0.2, 0) is 10.0 Å². The summed E-state index contributed by atoms with van der Waals surface area (Å²) in [6, 6.07) is 3.31. The summed E-state index contributed by atoms with van der Waals surface area (Å²) in [6.07, 6.45) is 0.769. The van der Waals surface area contributed by atoms with Gasteiger partial charge in [-0.2, -0.15) is 0 Å². The van der Waals surface area contributed by atoms with Gasteiger partial charge in [-0.25, -0.2) is 13.1 Å². The minimum atomic E-state index is -3.40. The van der Waals surface area contributed by atoms with Crippen molar-refractivity contribution in [3.8, 4) is 0 Å². The number of sulfonamides is 1. The lowest BCUT2D eigenvalue weighted by molar-refractivity contribution is 0.352. The highest BCUT2D eigenvalue weighted by Gasteiger charge is 2.22. The van der Waals surface area contributed by atoms with E-state index in [2.05, 4.69) is 20.7 Å². The van der Waals surface area contributed by atoms with Gasteiger partial charge in [-0.05, 0) is 39.9 Å². The van der Waals surface area contributed by atoms with E-state index in [1.54, 1.807) is 12.1 Å². The molecule has 0 aliphatic carbocycles. The van der Waals surface area contributed by atoms with Crippen molar-refractivity contribution >= 4 is 48.9 Å². The molecule has 0 bridgehead atoms. The fourth-order valence-electron chi connectivity index (χ4n) is 1.15. The average Bonchev–Trinajstić information content (AvgIpc) is 2.63. The van der Waals surface area contributed by atoms with Gasteiger partial charge in [0.15, 0.2) is 0 Å². The molecule has 0 spiro atoms. The van der Waals surface area contributed by atoms with Gasteiger partial charge in [-0.3, -0.25) is 0 Å².